The Hall–Kier alpha value is -2.46. The summed E-state index contributed by atoms with van der Waals surface area (Å²) in [5.74, 6) is 0.501. The minimum Gasteiger partial charge on any atom is -0.496 e. The van der Waals surface area contributed by atoms with Gasteiger partial charge in [0.2, 0.25) is 0 Å². The van der Waals surface area contributed by atoms with Crippen LogP contribution in [0.2, 0.25) is 5.02 Å². The molecule has 2 N–H and O–H groups in total. The highest BCUT2D eigenvalue weighted by Crippen LogP contribution is 2.26. The number of fused-ring (bicyclic) bond motifs is 1. The topological polar surface area (TPSA) is 54.1 Å². The van der Waals surface area contributed by atoms with Crippen LogP contribution in [-0.2, 0) is 0 Å². The number of aromatic amines is 1. The van der Waals surface area contributed by atoms with E-state index in [1.807, 2.05) is 18.2 Å². The number of anilines is 1. The van der Waals surface area contributed by atoms with Gasteiger partial charge in [-0.1, -0.05) is 23.7 Å². The van der Waals surface area contributed by atoms with E-state index in [9.17, 15) is 4.79 Å². The van der Waals surface area contributed by atoms with Gasteiger partial charge in [-0.3, -0.25) is 4.79 Å². The molecule has 1 amide bonds. The Morgan fingerprint density at radius 2 is 2.00 bits per heavy atom. The maximum absolute atomic E-state index is 12.3. The van der Waals surface area contributed by atoms with Crippen molar-refractivity contribution in [3.63, 3.8) is 0 Å². The standard InChI is InChI=1S/C16H13ClN2O2/c1-21-15-7-3-6-13-12(15)9-14(19-13)16(20)18-11-5-2-4-10(17)8-11/h2-9,19H,1H3,(H,18,20). The molecule has 4 nitrogen and oxygen atoms in total. The molecular weight excluding hydrogens is 288 g/mol. The third-order valence-corrected chi connectivity index (χ3v) is 3.41. The van der Waals surface area contributed by atoms with Crippen molar-refractivity contribution in [2.24, 2.45) is 0 Å². The number of aromatic nitrogens is 1. The van der Waals surface area contributed by atoms with E-state index in [1.165, 1.54) is 0 Å². The quantitative estimate of drug-likeness (QED) is 0.765. The molecule has 2 aromatic carbocycles. The van der Waals surface area contributed by atoms with Gasteiger partial charge in [0.05, 0.1) is 7.11 Å². The first-order chi connectivity index (χ1) is 10.2. The van der Waals surface area contributed by atoms with Crippen LogP contribution in [-0.4, -0.2) is 18.0 Å². The van der Waals surface area contributed by atoms with E-state index in [0.29, 0.717) is 16.4 Å². The van der Waals surface area contributed by atoms with E-state index in [0.717, 1.165) is 16.7 Å². The predicted molar refractivity (Wildman–Crippen MR) is 84.3 cm³/mol. The van der Waals surface area contributed by atoms with Crippen LogP contribution < -0.4 is 10.1 Å². The van der Waals surface area contributed by atoms with E-state index in [1.54, 1.807) is 37.4 Å². The first-order valence-electron chi connectivity index (χ1n) is 6.40. The number of nitrogens with one attached hydrogen (secondary N) is 2. The Labute approximate surface area is 126 Å². The molecule has 106 valence electrons. The lowest BCUT2D eigenvalue weighted by Crippen LogP contribution is -2.12. The summed E-state index contributed by atoms with van der Waals surface area (Å²) >= 11 is 5.90. The number of ether oxygens (including phenoxy) is 1. The predicted octanol–water partition coefficient (Wildman–Crippen LogP) is 4.08. The van der Waals surface area contributed by atoms with Gasteiger partial charge < -0.3 is 15.0 Å². The summed E-state index contributed by atoms with van der Waals surface area (Å²) in [6.07, 6.45) is 0. The fourth-order valence-electron chi connectivity index (χ4n) is 2.19. The lowest BCUT2D eigenvalue weighted by Gasteiger charge is -2.03. The smallest absolute Gasteiger partial charge is 0.272 e. The highest BCUT2D eigenvalue weighted by Gasteiger charge is 2.12. The molecule has 0 radical (unpaired) electrons. The Kier molecular flexibility index (Phi) is 3.54. The number of halogens is 1. The first-order valence-corrected chi connectivity index (χ1v) is 6.78. The molecule has 1 aromatic heterocycles. The third kappa shape index (κ3) is 2.71. The first kappa shape index (κ1) is 13.5. The monoisotopic (exact) mass is 300 g/mol. The number of H-pyrrole nitrogens is 1. The van der Waals surface area contributed by atoms with E-state index in [-0.39, 0.29) is 5.91 Å². The van der Waals surface area contributed by atoms with Gasteiger partial charge in [0.1, 0.15) is 11.4 Å². The second kappa shape index (κ2) is 5.50. The number of methoxy groups -OCH3 is 1. The van der Waals surface area contributed by atoms with Crippen LogP contribution in [0.5, 0.6) is 5.75 Å². The van der Waals surface area contributed by atoms with Gasteiger partial charge in [0.25, 0.3) is 5.91 Å². The van der Waals surface area contributed by atoms with Crippen molar-refractivity contribution in [3.8, 4) is 5.75 Å². The van der Waals surface area contributed by atoms with Crippen LogP contribution in [0.15, 0.2) is 48.5 Å². The molecule has 5 heteroatoms. The van der Waals surface area contributed by atoms with Crippen molar-refractivity contribution in [1.29, 1.82) is 0 Å². The number of rotatable bonds is 3. The number of hydrogen-bond acceptors (Lipinski definition) is 2. The highest BCUT2D eigenvalue weighted by molar-refractivity contribution is 6.31. The summed E-state index contributed by atoms with van der Waals surface area (Å²) in [5.41, 5.74) is 1.97. The van der Waals surface area contributed by atoms with Crippen molar-refractivity contribution in [2.45, 2.75) is 0 Å². The summed E-state index contributed by atoms with van der Waals surface area (Å²) in [6.45, 7) is 0. The number of amides is 1. The summed E-state index contributed by atoms with van der Waals surface area (Å²) in [6, 6.07) is 14.4. The zero-order chi connectivity index (χ0) is 14.8. The van der Waals surface area contributed by atoms with Crippen LogP contribution in [0.4, 0.5) is 5.69 Å². The average molecular weight is 301 g/mol. The van der Waals surface area contributed by atoms with Gasteiger partial charge in [0.15, 0.2) is 0 Å². The van der Waals surface area contributed by atoms with Crippen LogP contribution in [0.25, 0.3) is 10.9 Å². The van der Waals surface area contributed by atoms with Crippen molar-refractivity contribution in [3.05, 3.63) is 59.2 Å². The second-order valence-corrected chi connectivity index (χ2v) is 5.01. The number of benzene rings is 2. The lowest BCUT2D eigenvalue weighted by atomic mass is 10.2. The van der Waals surface area contributed by atoms with Gasteiger partial charge >= 0.3 is 0 Å². The normalized spacial score (nSPS) is 10.6. The SMILES string of the molecule is COc1cccc2[nH]c(C(=O)Nc3cccc(Cl)c3)cc12. The molecule has 0 fully saturated rings. The molecule has 0 spiro atoms. The molecule has 0 saturated heterocycles. The van der Waals surface area contributed by atoms with Crippen molar-refractivity contribution in [2.75, 3.05) is 12.4 Å². The Balaban J connectivity index is 1.91. The fraction of sp³-hybridized carbons (Fsp3) is 0.0625. The molecule has 0 aliphatic rings. The average Bonchev–Trinajstić information content (AvgIpc) is 2.91. The third-order valence-electron chi connectivity index (χ3n) is 3.17. The summed E-state index contributed by atoms with van der Waals surface area (Å²) < 4.78 is 5.29. The van der Waals surface area contributed by atoms with Gasteiger partial charge in [-0.25, -0.2) is 0 Å². The highest BCUT2D eigenvalue weighted by atomic mass is 35.5. The number of hydrogen-bond donors (Lipinski definition) is 2. The van der Waals surface area contributed by atoms with Gasteiger partial charge in [0, 0.05) is 21.6 Å². The van der Waals surface area contributed by atoms with Crippen molar-refractivity contribution < 1.29 is 9.53 Å². The molecular formula is C16H13ClN2O2. The molecule has 0 atom stereocenters. The summed E-state index contributed by atoms with van der Waals surface area (Å²) in [5, 5.41) is 4.25. The molecule has 0 aliphatic heterocycles. The Morgan fingerprint density at radius 1 is 1.19 bits per heavy atom. The molecule has 3 aromatic rings. The van der Waals surface area contributed by atoms with Crippen LogP contribution in [0, 0.1) is 0 Å². The number of carbonyl (C=O) groups excluding carboxylic acids is 1. The molecule has 0 unspecified atom stereocenters. The second-order valence-electron chi connectivity index (χ2n) is 4.57. The van der Waals surface area contributed by atoms with E-state index in [4.69, 9.17) is 16.3 Å². The maximum Gasteiger partial charge on any atom is 0.272 e. The molecule has 0 bridgehead atoms. The van der Waals surface area contributed by atoms with E-state index in [2.05, 4.69) is 10.3 Å². The van der Waals surface area contributed by atoms with Crippen LogP contribution >= 0.6 is 11.6 Å². The van der Waals surface area contributed by atoms with Gasteiger partial charge in [-0.05, 0) is 36.4 Å². The molecule has 3 rings (SSSR count). The van der Waals surface area contributed by atoms with E-state index < -0.39 is 0 Å². The minimum atomic E-state index is -0.226. The zero-order valence-corrected chi connectivity index (χ0v) is 12.1. The van der Waals surface area contributed by atoms with Gasteiger partial charge in [-0.15, -0.1) is 0 Å². The summed E-state index contributed by atoms with van der Waals surface area (Å²) in [7, 11) is 1.60. The van der Waals surface area contributed by atoms with Gasteiger partial charge in [-0.2, -0.15) is 0 Å². The Bertz CT molecular complexity index is 811. The fourth-order valence-corrected chi connectivity index (χ4v) is 2.38. The number of carbonyl (C=O) groups is 1. The van der Waals surface area contributed by atoms with Crippen molar-refractivity contribution in [1.82, 2.24) is 4.98 Å². The molecule has 0 saturated carbocycles. The van der Waals surface area contributed by atoms with Crippen LogP contribution in [0.1, 0.15) is 10.5 Å². The van der Waals surface area contributed by atoms with Crippen LogP contribution in [0.3, 0.4) is 0 Å². The maximum atomic E-state index is 12.3. The minimum absolute atomic E-state index is 0.226. The zero-order valence-electron chi connectivity index (χ0n) is 11.3. The summed E-state index contributed by atoms with van der Waals surface area (Å²) in [4.78, 5) is 15.3. The molecule has 1 heterocycles. The lowest BCUT2D eigenvalue weighted by molar-refractivity contribution is 0.102. The largest absolute Gasteiger partial charge is 0.496 e. The molecule has 0 aliphatic carbocycles. The van der Waals surface area contributed by atoms with Crippen molar-refractivity contribution >= 4 is 34.1 Å². The molecule has 21 heavy (non-hydrogen) atoms. The Morgan fingerprint density at radius 3 is 2.76 bits per heavy atom. The van der Waals surface area contributed by atoms with E-state index >= 15 is 0 Å².